The topological polar surface area (TPSA) is 139 Å². The summed E-state index contributed by atoms with van der Waals surface area (Å²) in [6.45, 7) is 0. The number of pyridine rings is 1. The van der Waals surface area contributed by atoms with E-state index in [4.69, 9.17) is 26.8 Å². The van der Waals surface area contributed by atoms with E-state index in [1.807, 2.05) is 12.1 Å². The van der Waals surface area contributed by atoms with E-state index in [9.17, 15) is 0 Å². The Morgan fingerprint density at radius 1 is 0.840 bits per heavy atom. The van der Waals surface area contributed by atoms with Gasteiger partial charge >= 0.3 is 0 Å². The average Bonchev–Trinajstić information content (AvgIpc) is 3.05. The first-order valence-corrected chi connectivity index (χ1v) is 6.76. The van der Waals surface area contributed by atoms with Gasteiger partial charge in [0.2, 0.25) is 0 Å². The van der Waals surface area contributed by atoms with E-state index in [1.54, 1.807) is 30.5 Å². The Bertz CT molecular complexity index is 892. The molecule has 0 bridgehead atoms. The molecule has 25 heavy (non-hydrogen) atoms. The maximum absolute atomic E-state index is 7.45. The van der Waals surface area contributed by atoms with Crippen molar-refractivity contribution < 1.29 is 4.52 Å². The third-order valence-electron chi connectivity index (χ3n) is 3.34. The molecule has 0 aliphatic rings. The van der Waals surface area contributed by atoms with Crippen LogP contribution in [0.5, 0.6) is 0 Å². The number of benzene rings is 1. The monoisotopic (exact) mass is 378 g/mol. The number of nitrogen functional groups attached to an aromatic ring is 2. The summed E-state index contributed by atoms with van der Waals surface area (Å²) in [6, 6.07) is 10.7. The van der Waals surface area contributed by atoms with Crippen LogP contribution in [0.25, 0.3) is 22.6 Å². The van der Waals surface area contributed by atoms with E-state index in [0.717, 1.165) is 5.56 Å². The molecule has 6 N–H and O–H groups in total. The van der Waals surface area contributed by atoms with Gasteiger partial charge < -0.3 is 16.0 Å². The average molecular weight is 379 g/mol. The zero-order chi connectivity index (χ0) is 16.4. The SMILES string of the molecule is Cl.Cl.N=C(N)c1ccc(-c2cc(-c3cncc(C(=N)N)c3)on2)cc1. The molecular formula is C16H16Cl2N6O. The van der Waals surface area contributed by atoms with Crippen LogP contribution < -0.4 is 11.5 Å². The Morgan fingerprint density at radius 3 is 2.08 bits per heavy atom. The Hall–Kier alpha value is -2.90. The second-order valence-electron chi connectivity index (χ2n) is 4.94. The van der Waals surface area contributed by atoms with Crippen LogP contribution in [0.2, 0.25) is 0 Å². The lowest BCUT2D eigenvalue weighted by atomic mass is 10.1. The van der Waals surface area contributed by atoms with Gasteiger partial charge in [0.1, 0.15) is 17.4 Å². The van der Waals surface area contributed by atoms with Crippen molar-refractivity contribution in [2.24, 2.45) is 11.5 Å². The van der Waals surface area contributed by atoms with Crippen molar-refractivity contribution in [2.75, 3.05) is 0 Å². The number of nitrogens with one attached hydrogen (secondary N) is 2. The summed E-state index contributed by atoms with van der Waals surface area (Å²) in [6.07, 6.45) is 3.14. The summed E-state index contributed by atoms with van der Waals surface area (Å²) in [5, 5.41) is 18.9. The van der Waals surface area contributed by atoms with Gasteiger partial charge in [0, 0.05) is 40.7 Å². The van der Waals surface area contributed by atoms with Gasteiger partial charge in [-0.1, -0.05) is 29.4 Å². The van der Waals surface area contributed by atoms with Crippen LogP contribution in [0.3, 0.4) is 0 Å². The number of nitrogens with zero attached hydrogens (tertiary/aromatic N) is 2. The molecule has 0 aliphatic heterocycles. The first kappa shape index (κ1) is 20.1. The second-order valence-corrected chi connectivity index (χ2v) is 4.94. The molecule has 0 aliphatic carbocycles. The van der Waals surface area contributed by atoms with Crippen molar-refractivity contribution in [3.05, 3.63) is 59.9 Å². The van der Waals surface area contributed by atoms with Crippen LogP contribution in [0.15, 0.2) is 53.3 Å². The summed E-state index contributed by atoms with van der Waals surface area (Å²) in [4.78, 5) is 4.05. The first-order valence-electron chi connectivity index (χ1n) is 6.76. The Labute approximate surface area is 156 Å². The predicted molar refractivity (Wildman–Crippen MR) is 102 cm³/mol. The molecule has 2 aromatic heterocycles. The van der Waals surface area contributed by atoms with Gasteiger partial charge in [-0.3, -0.25) is 15.8 Å². The molecule has 0 saturated carbocycles. The second kappa shape index (κ2) is 8.27. The summed E-state index contributed by atoms with van der Waals surface area (Å²) < 4.78 is 5.35. The number of halogens is 2. The molecule has 0 fully saturated rings. The molecule has 7 nitrogen and oxygen atoms in total. The number of hydrogen-bond acceptors (Lipinski definition) is 5. The standard InChI is InChI=1S/C16H14N6O.2ClH/c17-15(18)10-3-1-9(2-4-10)13-6-14(23-22-13)11-5-12(16(19)20)8-21-7-11;;/h1-8H,(H3,17,18)(H3,19,20);2*1H. The van der Waals surface area contributed by atoms with Gasteiger partial charge in [0.25, 0.3) is 0 Å². The lowest BCUT2D eigenvalue weighted by Gasteiger charge is -2.00. The summed E-state index contributed by atoms with van der Waals surface area (Å²) in [5.41, 5.74) is 14.3. The van der Waals surface area contributed by atoms with Crippen molar-refractivity contribution >= 4 is 36.5 Å². The van der Waals surface area contributed by atoms with Crippen LogP contribution >= 0.6 is 24.8 Å². The normalized spacial score (nSPS) is 9.60. The number of hydrogen-bond donors (Lipinski definition) is 4. The van der Waals surface area contributed by atoms with E-state index in [2.05, 4.69) is 10.1 Å². The van der Waals surface area contributed by atoms with Crippen molar-refractivity contribution in [3.63, 3.8) is 0 Å². The molecule has 0 spiro atoms. The van der Waals surface area contributed by atoms with Crippen LogP contribution in [-0.4, -0.2) is 21.8 Å². The Morgan fingerprint density at radius 2 is 1.48 bits per heavy atom. The number of aromatic nitrogens is 2. The molecule has 0 amide bonds. The lowest BCUT2D eigenvalue weighted by Crippen LogP contribution is -2.11. The molecule has 3 rings (SSSR count). The summed E-state index contributed by atoms with van der Waals surface area (Å²) >= 11 is 0. The predicted octanol–water partition coefficient (Wildman–Crippen LogP) is 2.82. The Kier molecular flexibility index (Phi) is 6.67. The zero-order valence-electron chi connectivity index (χ0n) is 12.9. The molecule has 9 heteroatoms. The van der Waals surface area contributed by atoms with E-state index in [1.165, 1.54) is 6.20 Å². The quantitative estimate of drug-likeness (QED) is 0.408. The zero-order valence-corrected chi connectivity index (χ0v) is 14.5. The Balaban J connectivity index is 0.00000156. The van der Waals surface area contributed by atoms with Gasteiger partial charge in [-0.2, -0.15) is 0 Å². The number of amidine groups is 2. The van der Waals surface area contributed by atoms with Gasteiger partial charge in [-0.05, 0) is 6.07 Å². The largest absolute Gasteiger partial charge is 0.384 e. The maximum atomic E-state index is 7.45. The number of nitrogens with two attached hydrogens (primary N) is 2. The fraction of sp³-hybridized carbons (Fsp3) is 0. The third-order valence-corrected chi connectivity index (χ3v) is 3.34. The van der Waals surface area contributed by atoms with Gasteiger partial charge in [0.05, 0.1) is 0 Å². The van der Waals surface area contributed by atoms with Gasteiger partial charge in [0.15, 0.2) is 5.76 Å². The van der Waals surface area contributed by atoms with Crippen molar-refractivity contribution in [2.45, 2.75) is 0 Å². The van der Waals surface area contributed by atoms with Gasteiger partial charge in [-0.15, -0.1) is 24.8 Å². The highest BCUT2D eigenvalue weighted by Gasteiger charge is 2.10. The van der Waals surface area contributed by atoms with Crippen LogP contribution in [-0.2, 0) is 0 Å². The number of rotatable bonds is 4. The van der Waals surface area contributed by atoms with Crippen LogP contribution in [0, 0.1) is 10.8 Å². The molecule has 0 saturated heterocycles. The van der Waals surface area contributed by atoms with Crippen molar-refractivity contribution in [3.8, 4) is 22.6 Å². The minimum atomic E-state index is -0.0566. The van der Waals surface area contributed by atoms with E-state index in [0.29, 0.717) is 28.1 Å². The minimum Gasteiger partial charge on any atom is -0.384 e. The van der Waals surface area contributed by atoms with Crippen molar-refractivity contribution in [1.29, 1.82) is 10.8 Å². The van der Waals surface area contributed by atoms with Gasteiger partial charge in [-0.25, -0.2) is 0 Å². The smallest absolute Gasteiger partial charge is 0.169 e. The molecule has 0 unspecified atom stereocenters. The molecule has 0 radical (unpaired) electrons. The molecule has 130 valence electrons. The van der Waals surface area contributed by atoms with E-state index < -0.39 is 0 Å². The summed E-state index contributed by atoms with van der Waals surface area (Å²) in [5.74, 6) is 0.495. The van der Waals surface area contributed by atoms with Crippen LogP contribution in [0.1, 0.15) is 11.1 Å². The highest BCUT2D eigenvalue weighted by atomic mass is 35.5. The highest BCUT2D eigenvalue weighted by Crippen LogP contribution is 2.26. The lowest BCUT2D eigenvalue weighted by molar-refractivity contribution is 0.435. The molecule has 2 heterocycles. The molecular weight excluding hydrogens is 363 g/mol. The van der Waals surface area contributed by atoms with Crippen LogP contribution in [0.4, 0.5) is 0 Å². The maximum Gasteiger partial charge on any atom is 0.169 e. The molecule has 1 aromatic carbocycles. The summed E-state index contributed by atoms with van der Waals surface area (Å²) in [7, 11) is 0. The fourth-order valence-corrected chi connectivity index (χ4v) is 2.09. The third kappa shape index (κ3) is 4.34. The first-order chi connectivity index (χ1) is 11.0. The van der Waals surface area contributed by atoms with E-state index >= 15 is 0 Å². The minimum absolute atomic E-state index is 0. The fourth-order valence-electron chi connectivity index (χ4n) is 2.09. The van der Waals surface area contributed by atoms with Crippen molar-refractivity contribution in [1.82, 2.24) is 10.1 Å². The molecule has 0 atom stereocenters. The van der Waals surface area contributed by atoms with E-state index in [-0.39, 0.29) is 36.5 Å². The molecule has 3 aromatic rings. The highest BCUT2D eigenvalue weighted by molar-refractivity contribution is 5.96.